The van der Waals surface area contributed by atoms with Gasteiger partial charge in [0, 0.05) is 37.7 Å². The molecule has 6 heteroatoms. The maximum Gasteiger partial charge on any atom is 0.251 e. The fourth-order valence-electron chi connectivity index (χ4n) is 4.61. The van der Waals surface area contributed by atoms with Gasteiger partial charge in [0.1, 0.15) is 6.10 Å². The zero-order valence-corrected chi connectivity index (χ0v) is 17.5. The number of amides is 2. The maximum atomic E-state index is 13.3. The van der Waals surface area contributed by atoms with Gasteiger partial charge in [-0.3, -0.25) is 14.6 Å². The van der Waals surface area contributed by atoms with Crippen molar-refractivity contribution >= 4 is 11.8 Å². The summed E-state index contributed by atoms with van der Waals surface area (Å²) in [6, 6.07) is 12.0. The molecule has 0 unspecified atom stereocenters. The van der Waals surface area contributed by atoms with Gasteiger partial charge in [-0.2, -0.15) is 0 Å². The second-order valence-electron chi connectivity index (χ2n) is 8.25. The number of carbonyl (C=O) groups excluding carboxylic acids is 2. The number of hydrogen-bond acceptors (Lipinski definition) is 4. The van der Waals surface area contributed by atoms with E-state index in [9.17, 15) is 9.59 Å². The number of ether oxygens (including phenoxy) is 1. The summed E-state index contributed by atoms with van der Waals surface area (Å²) in [5.41, 5.74) is 2.37. The van der Waals surface area contributed by atoms with Crippen LogP contribution in [0.25, 0.3) is 11.1 Å². The number of nitrogens with zero attached hydrogens (tertiary/aromatic N) is 2. The van der Waals surface area contributed by atoms with E-state index in [1.165, 1.54) is 0 Å². The minimum Gasteiger partial charge on any atom is -0.368 e. The quantitative estimate of drug-likeness (QED) is 0.733. The summed E-state index contributed by atoms with van der Waals surface area (Å²) in [4.78, 5) is 32.2. The van der Waals surface area contributed by atoms with Crippen molar-refractivity contribution in [2.45, 2.75) is 31.8 Å². The summed E-state index contributed by atoms with van der Waals surface area (Å²) >= 11 is 0. The number of terminal acetylenes is 1. The van der Waals surface area contributed by atoms with Crippen LogP contribution in [0.1, 0.15) is 24.8 Å². The minimum atomic E-state index is -0.733. The van der Waals surface area contributed by atoms with Crippen LogP contribution in [0.3, 0.4) is 0 Å². The number of pyridine rings is 1. The van der Waals surface area contributed by atoms with Crippen LogP contribution < -0.4 is 5.32 Å². The predicted molar refractivity (Wildman–Crippen MR) is 118 cm³/mol. The Hall–Kier alpha value is -3.17. The molecule has 2 fully saturated rings. The van der Waals surface area contributed by atoms with Crippen molar-refractivity contribution in [2.24, 2.45) is 5.41 Å². The van der Waals surface area contributed by atoms with Crippen LogP contribution in [0.4, 0.5) is 0 Å². The Balaban J connectivity index is 1.62. The number of aromatic nitrogens is 1. The standard InChI is InChI=1S/C25H27N3O3/c1-2-12-27-24(30)25(11-14-28(18-25)23(29)22-10-6-15-31-22)16-19-7-3-4-9-21(19)20-8-5-13-26-17-20/h1,3-5,7-9,13,17,22H,6,10-12,14-16,18H2,(H,27,30)/t22-,25+/m0/s1. The summed E-state index contributed by atoms with van der Waals surface area (Å²) < 4.78 is 5.59. The summed E-state index contributed by atoms with van der Waals surface area (Å²) in [5.74, 6) is 2.37. The molecule has 2 aliphatic rings. The Morgan fingerprint density at radius 2 is 2.16 bits per heavy atom. The highest BCUT2D eigenvalue weighted by atomic mass is 16.5. The Kier molecular flexibility index (Phi) is 6.34. The van der Waals surface area contributed by atoms with Gasteiger partial charge in [0.2, 0.25) is 5.91 Å². The van der Waals surface area contributed by atoms with E-state index in [-0.39, 0.29) is 24.5 Å². The van der Waals surface area contributed by atoms with Gasteiger partial charge in [0.15, 0.2) is 0 Å². The molecule has 2 aliphatic heterocycles. The van der Waals surface area contributed by atoms with Gasteiger partial charge in [-0.05, 0) is 42.9 Å². The first kappa shape index (κ1) is 21.1. The highest BCUT2D eigenvalue weighted by Crippen LogP contribution is 2.38. The lowest BCUT2D eigenvalue weighted by atomic mass is 9.78. The fourth-order valence-corrected chi connectivity index (χ4v) is 4.61. The van der Waals surface area contributed by atoms with E-state index < -0.39 is 5.41 Å². The summed E-state index contributed by atoms with van der Waals surface area (Å²) in [7, 11) is 0. The Bertz CT molecular complexity index is 979. The van der Waals surface area contributed by atoms with Crippen LogP contribution in [0.15, 0.2) is 48.8 Å². The lowest BCUT2D eigenvalue weighted by Crippen LogP contribution is -2.46. The topological polar surface area (TPSA) is 71.5 Å². The van der Waals surface area contributed by atoms with E-state index in [2.05, 4.69) is 16.2 Å². The third-order valence-corrected chi connectivity index (χ3v) is 6.22. The molecule has 0 saturated carbocycles. The highest BCUT2D eigenvalue weighted by Gasteiger charge is 2.47. The van der Waals surface area contributed by atoms with Gasteiger partial charge < -0.3 is 15.0 Å². The lowest BCUT2D eigenvalue weighted by molar-refractivity contribution is -0.141. The van der Waals surface area contributed by atoms with Crippen LogP contribution in [-0.2, 0) is 20.7 Å². The van der Waals surface area contributed by atoms with Crippen molar-refractivity contribution < 1.29 is 14.3 Å². The van der Waals surface area contributed by atoms with Crippen molar-refractivity contribution in [3.8, 4) is 23.5 Å². The molecule has 4 rings (SSSR count). The number of benzene rings is 1. The first-order valence-corrected chi connectivity index (χ1v) is 10.7. The number of nitrogens with one attached hydrogen (secondary N) is 1. The van der Waals surface area contributed by atoms with Gasteiger partial charge in [-0.25, -0.2) is 0 Å². The summed E-state index contributed by atoms with van der Waals surface area (Å²) in [6.45, 7) is 1.70. The van der Waals surface area contributed by atoms with Crippen LogP contribution >= 0.6 is 0 Å². The van der Waals surface area contributed by atoms with Gasteiger partial charge >= 0.3 is 0 Å². The molecule has 1 N–H and O–H groups in total. The molecule has 1 aromatic carbocycles. The second-order valence-corrected chi connectivity index (χ2v) is 8.25. The third-order valence-electron chi connectivity index (χ3n) is 6.22. The van der Waals surface area contributed by atoms with Crippen LogP contribution in [0.5, 0.6) is 0 Å². The molecule has 1 aromatic heterocycles. The molecule has 0 aliphatic carbocycles. The third kappa shape index (κ3) is 4.47. The van der Waals surface area contributed by atoms with E-state index in [1.807, 2.05) is 42.6 Å². The fraction of sp³-hybridized carbons (Fsp3) is 0.400. The van der Waals surface area contributed by atoms with Crippen LogP contribution in [0.2, 0.25) is 0 Å². The van der Waals surface area contributed by atoms with Crippen LogP contribution in [0, 0.1) is 17.8 Å². The Morgan fingerprint density at radius 3 is 2.90 bits per heavy atom. The number of likely N-dealkylation sites (tertiary alicyclic amines) is 1. The van der Waals surface area contributed by atoms with Crippen molar-refractivity contribution in [2.75, 3.05) is 26.2 Å². The smallest absolute Gasteiger partial charge is 0.251 e. The van der Waals surface area contributed by atoms with Crippen molar-refractivity contribution in [3.63, 3.8) is 0 Å². The van der Waals surface area contributed by atoms with Crippen molar-refractivity contribution in [1.29, 1.82) is 0 Å². The Labute approximate surface area is 183 Å². The van der Waals surface area contributed by atoms with Gasteiger partial charge in [0.25, 0.3) is 5.91 Å². The normalized spacial score (nSPS) is 22.8. The van der Waals surface area contributed by atoms with E-state index in [0.29, 0.717) is 32.5 Å². The first-order valence-electron chi connectivity index (χ1n) is 10.7. The molecule has 3 heterocycles. The SMILES string of the molecule is C#CCNC(=O)[C@@]1(Cc2ccccc2-c2cccnc2)CCN(C(=O)[C@@H]2CCCO2)C1. The molecule has 0 spiro atoms. The molecule has 31 heavy (non-hydrogen) atoms. The lowest BCUT2D eigenvalue weighted by Gasteiger charge is -2.29. The summed E-state index contributed by atoms with van der Waals surface area (Å²) in [6.07, 6.45) is 11.3. The maximum absolute atomic E-state index is 13.3. The van der Waals surface area contributed by atoms with E-state index in [0.717, 1.165) is 29.5 Å². The second kappa shape index (κ2) is 9.32. The molecule has 2 amide bonds. The minimum absolute atomic E-state index is 0.00957. The molecule has 2 saturated heterocycles. The highest BCUT2D eigenvalue weighted by molar-refractivity contribution is 5.87. The van der Waals surface area contributed by atoms with E-state index in [4.69, 9.17) is 11.2 Å². The molecule has 6 nitrogen and oxygen atoms in total. The number of hydrogen-bond donors (Lipinski definition) is 1. The molecule has 0 bridgehead atoms. The van der Waals surface area contributed by atoms with Gasteiger partial charge in [-0.15, -0.1) is 6.42 Å². The zero-order chi connectivity index (χ0) is 21.7. The largest absolute Gasteiger partial charge is 0.368 e. The van der Waals surface area contributed by atoms with E-state index >= 15 is 0 Å². The van der Waals surface area contributed by atoms with E-state index in [1.54, 1.807) is 11.1 Å². The molecule has 0 radical (unpaired) electrons. The first-order chi connectivity index (χ1) is 15.1. The molecule has 2 aromatic rings. The molecular weight excluding hydrogens is 390 g/mol. The molecular formula is C25H27N3O3. The predicted octanol–water partition coefficient (Wildman–Crippen LogP) is 2.44. The average molecular weight is 418 g/mol. The molecule has 160 valence electrons. The van der Waals surface area contributed by atoms with Gasteiger partial charge in [0.05, 0.1) is 12.0 Å². The van der Waals surface area contributed by atoms with Crippen LogP contribution in [-0.4, -0.2) is 54.0 Å². The van der Waals surface area contributed by atoms with Crippen molar-refractivity contribution in [3.05, 3.63) is 54.4 Å². The Morgan fingerprint density at radius 1 is 1.29 bits per heavy atom. The molecule has 2 atom stereocenters. The van der Waals surface area contributed by atoms with Gasteiger partial charge in [-0.1, -0.05) is 36.3 Å². The monoisotopic (exact) mass is 417 g/mol. The zero-order valence-electron chi connectivity index (χ0n) is 17.5. The summed E-state index contributed by atoms with van der Waals surface area (Å²) in [5, 5.41) is 2.87. The number of carbonyl (C=O) groups is 2. The number of rotatable bonds is 6. The average Bonchev–Trinajstić information content (AvgIpc) is 3.49. The van der Waals surface area contributed by atoms with Crippen molar-refractivity contribution in [1.82, 2.24) is 15.2 Å².